The highest BCUT2D eigenvalue weighted by atomic mass is 15.2. The van der Waals surface area contributed by atoms with E-state index in [4.69, 9.17) is 0 Å². The maximum Gasteiger partial charge on any atom is 0.0128 e. The lowest BCUT2D eigenvalue weighted by molar-refractivity contribution is 0.194. The first-order valence-corrected chi connectivity index (χ1v) is 7.46. The van der Waals surface area contributed by atoms with Crippen molar-refractivity contribution in [2.24, 2.45) is 5.41 Å². The first-order valence-electron chi connectivity index (χ1n) is 7.46. The summed E-state index contributed by atoms with van der Waals surface area (Å²) in [6, 6.07) is 1.50. The van der Waals surface area contributed by atoms with Crippen molar-refractivity contribution in [1.29, 1.82) is 0 Å². The minimum absolute atomic E-state index is 0.372. The van der Waals surface area contributed by atoms with Crippen LogP contribution >= 0.6 is 0 Å². The Bertz CT molecular complexity index is 207. The topological polar surface area (TPSA) is 15.3 Å². The van der Waals surface area contributed by atoms with Crippen LogP contribution in [-0.4, -0.2) is 36.6 Å². The second-order valence-electron chi connectivity index (χ2n) is 6.51. The van der Waals surface area contributed by atoms with Crippen molar-refractivity contribution in [2.45, 2.75) is 72.4 Å². The molecule has 1 aliphatic heterocycles. The number of rotatable bonds is 6. The van der Waals surface area contributed by atoms with Gasteiger partial charge in [-0.3, -0.25) is 0 Å². The molecule has 0 spiro atoms. The Labute approximate surface area is 108 Å². The zero-order valence-electron chi connectivity index (χ0n) is 12.6. The zero-order valence-corrected chi connectivity index (χ0v) is 12.6. The van der Waals surface area contributed by atoms with E-state index in [1.54, 1.807) is 0 Å². The molecule has 1 rings (SSSR count). The standard InChI is InChI=1S/C15H32N2/c1-6-13-9-8-11-17(13)12-10-14(16-7-2)15(3,4)5/h13-14,16H,6-12H2,1-5H3. The number of likely N-dealkylation sites (tertiary alicyclic amines) is 1. The van der Waals surface area contributed by atoms with Crippen LogP contribution in [0, 0.1) is 5.41 Å². The summed E-state index contributed by atoms with van der Waals surface area (Å²) in [6.07, 6.45) is 5.42. The van der Waals surface area contributed by atoms with Gasteiger partial charge < -0.3 is 10.2 Å². The van der Waals surface area contributed by atoms with Crippen LogP contribution in [0.25, 0.3) is 0 Å². The zero-order chi connectivity index (χ0) is 12.9. The first kappa shape index (κ1) is 15.0. The van der Waals surface area contributed by atoms with Gasteiger partial charge >= 0.3 is 0 Å². The summed E-state index contributed by atoms with van der Waals surface area (Å²) in [5, 5.41) is 3.65. The van der Waals surface area contributed by atoms with Crippen LogP contribution in [0.2, 0.25) is 0 Å². The van der Waals surface area contributed by atoms with E-state index in [9.17, 15) is 0 Å². The predicted molar refractivity (Wildman–Crippen MR) is 76.4 cm³/mol. The Morgan fingerprint density at radius 3 is 2.53 bits per heavy atom. The molecular formula is C15H32N2. The summed E-state index contributed by atoms with van der Waals surface area (Å²) in [6.45, 7) is 15.3. The van der Waals surface area contributed by atoms with E-state index in [1.807, 2.05) is 0 Å². The van der Waals surface area contributed by atoms with Crippen LogP contribution in [0.1, 0.15) is 60.3 Å². The molecule has 0 saturated carbocycles. The van der Waals surface area contributed by atoms with Gasteiger partial charge in [-0.1, -0.05) is 34.6 Å². The van der Waals surface area contributed by atoms with Gasteiger partial charge in [0.1, 0.15) is 0 Å². The Kier molecular flexibility index (Phi) is 5.94. The minimum atomic E-state index is 0.372. The smallest absolute Gasteiger partial charge is 0.0128 e. The molecule has 0 bridgehead atoms. The van der Waals surface area contributed by atoms with Crippen molar-refractivity contribution in [3.63, 3.8) is 0 Å². The molecule has 2 nitrogen and oxygen atoms in total. The third kappa shape index (κ3) is 4.59. The minimum Gasteiger partial charge on any atom is -0.314 e. The normalized spacial score (nSPS) is 24.2. The molecule has 1 fully saturated rings. The van der Waals surface area contributed by atoms with Crippen LogP contribution in [0.5, 0.6) is 0 Å². The van der Waals surface area contributed by atoms with E-state index in [1.165, 1.54) is 38.8 Å². The average molecular weight is 240 g/mol. The molecule has 0 aromatic rings. The highest BCUT2D eigenvalue weighted by Crippen LogP contribution is 2.25. The predicted octanol–water partition coefficient (Wildman–Crippen LogP) is 3.28. The van der Waals surface area contributed by atoms with Gasteiger partial charge in [-0.05, 0) is 50.7 Å². The van der Waals surface area contributed by atoms with E-state index in [0.717, 1.165) is 12.6 Å². The Morgan fingerprint density at radius 1 is 1.29 bits per heavy atom. The summed E-state index contributed by atoms with van der Waals surface area (Å²) >= 11 is 0. The molecule has 0 aromatic heterocycles. The van der Waals surface area contributed by atoms with E-state index >= 15 is 0 Å². The summed E-state index contributed by atoms with van der Waals surface area (Å²) in [5.74, 6) is 0. The maximum atomic E-state index is 3.65. The molecule has 2 heteroatoms. The van der Waals surface area contributed by atoms with E-state index in [0.29, 0.717) is 11.5 Å². The van der Waals surface area contributed by atoms with Crippen molar-refractivity contribution >= 4 is 0 Å². The molecule has 102 valence electrons. The summed E-state index contributed by atoms with van der Waals surface area (Å²) < 4.78 is 0. The Hall–Kier alpha value is -0.0800. The van der Waals surface area contributed by atoms with Crippen molar-refractivity contribution in [2.75, 3.05) is 19.6 Å². The third-order valence-corrected chi connectivity index (χ3v) is 4.17. The molecule has 1 saturated heterocycles. The molecule has 2 unspecified atom stereocenters. The van der Waals surface area contributed by atoms with Crippen LogP contribution in [0.4, 0.5) is 0 Å². The monoisotopic (exact) mass is 240 g/mol. The number of hydrogen-bond acceptors (Lipinski definition) is 2. The Balaban J connectivity index is 2.41. The van der Waals surface area contributed by atoms with Crippen LogP contribution in [-0.2, 0) is 0 Å². The van der Waals surface area contributed by atoms with Crippen molar-refractivity contribution in [3.05, 3.63) is 0 Å². The number of nitrogens with zero attached hydrogens (tertiary/aromatic N) is 1. The van der Waals surface area contributed by atoms with Crippen LogP contribution < -0.4 is 5.32 Å². The van der Waals surface area contributed by atoms with Crippen molar-refractivity contribution in [3.8, 4) is 0 Å². The Morgan fingerprint density at radius 2 is 2.00 bits per heavy atom. The largest absolute Gasteiger partial charge is 0.314 e. The van der Waals surface area contributed by atoms with Gasteiger partial charge in [0.05, 0.1) is 0 Å². The second kappa shape index (κ2) is 6.75. The van der Waals surface area contributed by atoms with E-state index in [2.05, 4.69) is 44.8 Å². The third-order valence-electron chi connectivity index (χ3n) is 4.17. The lowest BCUT2D eigenvalue weighted by Gasteiger charge is -2.34. The molecule has 0 radical (unpaired) electrons. The lowest BCUT2D eigenvalue weighted by Crippen LogP contribution is -2.43. The maximum absolute atomic E-state index is 3.65. The quantitative estimate of drug-likeness (QED) is 0.766. The summed E-state index contributed by atoms with van der Waals surface area (Å²) in [7, 11) is 0. The van der Waals surface area contributed by atoms with Crippen molar-refractivity contribution in [1.82, 2.24) is 10.2 Å². The highest BCUT2D eigenvalue weighted by molar-refractivity contribution is 4.84. The molecule has 0 aliphatic carbocycles. The molecule has 1 N–H and O–H groups in total. The molecule has 1 aliphatic rings. The molecule has 17 heavy (non-hydrogen) atoms. The fraction of sp³-hybridized carbons (Fsp3) is 1.00. The lowest BCUT2D eigenvalue weighted by atomic mass is 9.84. The highest BCUT2D eigenvalue weighted by Gasteiger charge is 2.27. The van der Waals surface area contributed by atoms with Gasteiger partial charge in [-0.2, -0.15) is 0 Å². The van der Waals surface area contributed by atoms with Gasteiger partial charge in [0, 0.05) is 12.1 Å². The van der Waals surface area contributed by atoms with Gasteiger partial charge in [-0.25, -0.2) is 0 Å². The first-order chi connectivity index (χ1) is 7.99. The van der Waals surface area contributed by atoms with Gasteiger partial charge in [0.2, 0.25) is 0 Å². The van der Waals surface area contributed by atoms with Crippen molar-refractivity contribution < 1.29 is 0 Å². The summed E-state index contributed by atoms with van der Waals surface area (Å²) in [5.41, 5.74) is 0.372. The number of hydrogen-bond donors (Lipinski definition) is 1. The molecule has 0 amide bonds. The van der Waals surface area contributed by atoms with Gasteiger partial charge in [0.25, 0.3) is 0 Å². The van der Waals surface area contributed by atoms with Crippen LogP contribution in [0.15, 0.2) is 0 Å². The van der Waals surface area contributed by atoms with Gasteiger partial charge in [-0.15, -0.1) is 0 Å². The molecule has 2 atom stereocenters. The number of nitrogens with one attached hydrogen (secondary N) is 1. The summed E-state index contributed by atoms with van der Waals surface area (Å²) in [4.78, 5) is 2.70. The molecular weight excluding hydrogens is 208 g/mol. The van der Waals surface area contributed by atoms with Crippen LogP contribution in [0.3, 0.4) is 0 Å². The average Bonchev–Trinajstić information content (AvgIpc) is 2.69. The molecule has 0 aromatic carbocycles. The second-order valence-corrected chi connectivity index (χ2v) is 6.51. The SMILES string of the molecule is CCNC(CCN1CCCC1CC)C(C)(C)C. The van der Waals surface area contributed by atoms with Gasteiger partial charge in [0.15, 0.2) is 0 Å². The molecule has 1 heterocycles. The fourth-order valence-corrected chi connectivity index (χ4v) is 3.03. The fourth-order valence-electron chi connectivity index (χ4n) is 3.03. The van der Waals surface area contributed by atoms with E-state index in [-0.39, 0.29) is 0 Å². The van der Waals surface area contributed by atoms with E-state index < -0.39 is 0 Å².